The van der Waals surface area contributed by atoms with E-state index in [0.29, 0.717) is 35.9 Å². The molecule has 1 aromatic heterocycles. The maximum atomic E-state index is 13.0. The van der Waals surface area contributed by atoms with E-state index >= 15 is 0 Å². The number of amides is 1. The van der Waals surface area contributed by atoms with Crippen molar-refractivity contribution >= 4 is 17.0 Å². The molecule has 0 aliphatic heterocycles. The molecule has 0 saturated heterocycles. The Morgan fingerprint density at radius 2 is 2.25 bits per heavy atom. The van der Waals surface area contributed by atoms with Gasteiger partial charge in [-0.05, 0) is 38.3 Å². The van der Waals surface area contributed by atoms with Gasteiger partial charge in [0.2, 0.25) is 0 Å². The molecule has 1 saturated carbocycles. The summed E-state index contributed by atoms with van der Waals surface area (Å²) in [4.78, 5) is 28.2. The van der Waals surface area contributed by atoms with Crippen LogP contribution in [0.4, 0.5) is 4.79 Å². The number of carbonyl (C=O) groups is 1. The van der Waals surface area contributed by atoms with Crippen molar-refractivity contribution in [2.45, 2.75) is 38.6 Å². The second-order valence-corrected chi connectivity index (χ2v) is 5.84. The normalized spacial score (nSPS) is 13.4. The van der Waals surface area contributed by atoms with E-state index in [-0.39, 0.29) is 11.6 Å². The first-order valence-corrected chi connectivity index (χ1v) is 8.05. The first kappa shape index (κ1) is 16.1. The van der Waals surface area contributed by atoms with E-state index in [2.05, 4.69) is 22.1 Å². The first-order chi connectivity index (χ1) is 11.6. The number of aromatic nitrogens is 2. The van der Waals surface area contributed by atoms with Crippen molar-refractivity contribution in [3.05, 3.63) is 39.9 Å². The van der Waals surface area contributed by atoms with Crippen molar-refractivity contribution in [3.8, 4) is 11.8 Å². The molecule has 1 fully saturated rings. The van der Waals surface area contributed by atoms with Gasteiger partial charge in [0.05, 0.1) is 10.9 Å². The Morgan fingerprint density at radius 1 is 1.46 bits per heavy atom. The molecule has 6 nitrogen and oxygen atoms in total. The van der Waals surface area contributed by atoms with Gasteiger partial charge in [-0.3, -0.25) is 9.36 Å². The summed E-state index contributed by atoms with van der Waals surface area (Å²) in [5, 5.41) is 11.6. The number of carboxylic acid groups (broad SMARTS) is 1. The Hall–Kier alpha value is -2.81. The molecule has 3 rings (SSSR count). The topological polar surface area (TPSA) is 84.2 Å². The summed E-state index contributed by atoms with van der Waals surface area (Å²) in [5.74, 6) is 6.55. The predicted molar refractivity (Wildman–Crippen MR) is 91.2 cm³/mol. The Morgan fingerprint density at radius 3 is 2.92 bits per heavy atom. The molecule has 0 spiro atoms. The summed E-state index contributed by atoms with van der Waals surface area (Å²) in [6.45, 7) is 2.09. The van der Waals surface area contributed by atoms with Gasteiger partial charge in [-0.2, -0.15) is 0 Å². The minimum absolute atomic E-state index is 0.0398. The minimum Gasteiger partial charge on any atom is -0.465 e. The highest BCUT2D eigenvalue weighted by Crippen LogP contribution is 2.35. The van der Waals surface area contributed by atoms with E-state index in [1.807, 2.05) is 18.2 Å². The van der Waals surface area contributed by atoms with Gasteiger partial charge >= 0.3 is 6.09 Å². The molecule has 1 aliphatic carbocycles. The van der Waals surface area contributed by atoms with E-state index in [1.165, 1.54) is 0 Å². The average Bonchev–Trinajstić information content (AvgIpc) is 3.36. The molecule has 0 unspecified atom stereocenters. The summed E-state index contributed by atoms with van der Waals surface area (Å²) in [7, 11) is 0. The van der Waals surface area contributed by atoms with E-state index in [0.717, 1.165) is 18.7 Å². The van der Waals surface area contributed by atoms with Crippen LogP contribution in [0.15, 0.2) is 23.0 Å². The zero-order chi connectivity index (χ0) is 17.1. The zero-order valence-corrected chi connectivity index (χ0v) is 13.5. The lowest BCUT2D eigenvalue weighted by Gasteiger charge is -2.13. The molecule has 124 valence electrons. The van der Waals surface area contributed by atoms with Crippen LogP contribution >= 0.6 is 0 Å². The van der Waals surface area contributed by atoms with Crippen LogP contribution in [0.25, 0.3) is 10.9 Å². The Bertz CT molecular complexity index is 901. The summed E-state index contributed by atoms with van der Waals surface area (Å²) >= 11 is 0. The third-order valence-corrected chi connectivity index (χ3v) is 4.03. The molecular formula is C18H19N3O3. The average molecular weight is 325 g/mol. The van der Waals surface area contributed by atoms with Crippen LogP contribution in [0.2, 0.25) is 0 Å². The van der Waals surface area contributed by atoms with Crippen LogP contribution in [-0.4, -0.2) is 27.3 Å². The van der Waals surface area contributed by atoms with Gasteiger partial charge in [-0.1, -0.05) is 12.0 Å². The van der Waals surface area contributed by atoms with Crippen LogP contribution in [0.1, 0.15) is 43.6 Å². The minimum atomic E-state index is -1.04. The first-order valence-electron chi connectivity index (χ1n) is 8.05. The highest BCUT2D eigenvalue weighted by Gasteiger charge is 2.28. The van der Waals surface area contributed by atoms with Gasteiger partial charge in [0.1, 0.15) is 5.82 Å². The van der Waals surface area contributed by atoms with Crippen LogP contribution in [-0.2, 0) is 6.42 Å². The SMILES string of the molecule is CC#Cc1cccc2nc(CCCNC(=O)O)n(C3CC3)c(=O)c12. The van der Waals surface area contributed by atoms with E-state index in [1.54, 1.807) is 11.5 Å². The molecule has 1 amide bonds. The van der Waals surface area contributed by atoms with E-state index in [9.17, 15) is 9.59 Å². The number of fused-ring (bicyclic) bond motifs is 1. The molecule has 0 bridgehead atoms. The van der Waals surface area contributed by atoms with Crippen molar-refractivity contribution in [1.82, 2.24) is 14.9 Å². The van der Waals surface area contributed by atoms with Gasteiger partial charge in [0, 0.05) is 24.6 Å². The van der Waals surface area contributed by atoms with Crippen molar-refractivity contribution < 1.29 is 9.90 Å². The maximum absolute atomic E-state index is 13.0. The summed E-state index contributed by atoms with van der Waals surface area (Å²) in [5.41, 5.74) is 1.32. The molecule has 24 heavy (non-hydrogen) atoms. The molecule has 2 aromatic rings. The maximum Gasteiger partial charge on any atom is 0.404 e. The Balaban J connectivity index is 2.02. The predicted octanol–water partition coefficient (Wildman–Crippen LogP) is 2.30. The molecule has 1 heterocycles. The fourth-order valence-corrected chi connectivity index (χ4v) is 2.85. The van der Waals surface area contributed by atoms with Gasteiger partial charge in [0.15, 0.2) is 0 Å². The highest BCUT2D eigenvalue weighted by atomic mass is 16.4. The molecule has 1 aromatic carbocycles. The molecule has 2 N–H and O–H groups in total. The van der Waals surface area contributed by atoms with Crippen molar-refractivity contribution in [3.63, 3.8) is 0 Å². The number of nitrogens with zero attached hydrogens (tertiary/aromatic N) is 2. The quantitative estimate of drug-likeness (QED) is 0.652. The number of hydrogen-bond donors (Lipinski definition) is 2. The van der Waals surface area contributed by atoms with Crippen LogP contribution < -0.4 is 10.9 Å². The second kappa shape index (κ2) is 6.75. The third-order valence-electron chi connectivity index (χ3n) is 4.03. The van der Waals surface area contributed by atoms with Crippen molar-refractivity contribution in [2.75, 3.05) is 6.54 Å². The summed E-state index contributed by atoms with van der Waals surface area (Å²) in [6.07, 6.45) is 2.09. The van der Waals surface area contributed by atoms with Crippen LogP contribution in [0, 0.1) is 11.8 Å². The fraction of sp³-hybridized carbons (Fsp3) is 0.389. The number of nitrogens with one attached hydrogen (secondary N) is 1. The molecule has 0 atom stereocenters. The third kappa shape index (κ3) is 3.25. The molecule has 1 aliphatic rings. The lowest BCUT2D eigenvalue weighted by molar-refractivity contribution is 0.194. The van der Waals surface area contributed by atoms with Crippen molar-refractivity contribution in [2.24, 2.45) is 0 Å². The zero-order valence-electron chi connectivity index (χ0n) is 13.5. The number of hydrogen-bond acceptors (Lipinski definition) is 3. The van der Waals surface area contributed by atoms with E-state index in [4.69, 9.17) is 5.11 Å². The van der Waals surface area contributed by atoms with Crippen molar-refractivity contribution in [1.29, 1.82) is 0 Å². The number of benzene rings is 1. The number of rotatable bonds is 5. The Kier molecular flexibility index (Phi) is 4.52. The van der Waals surface area contributed by atoms with Gasteiger partial charge in [-0.25, -0.2) is 9.78 Å². The highest BCUT2D eigenvalue weighted by molar-refractivity contribution is 5.84. The van der Waals surface area contributed by atoms with Gasteiger partial charge < -0.3 is 10.4 Å². The van der Waals surface area contributed by atoms with E-state index < -0.39 is 6.09 Å². The largest absolute Gasteiger partial charge is 0.465 e. The molecule has 6 heteroatoms. The Labute approximate surface area is 139 Å². The van der Waals surface area contributed by atoms with Gasteiger partial charge in [-0.15, -0.1) is 5.92 Å². The second-order valence-electron chi connectivity index (χ2n) is 5.84. The standard InChI is InChI=1S/C18H19N3O3/c1-2-5-12-6-3-7-14-16(12)17(22)21(13-9-10-13)15(20-14)8-4-11-19-18(23)24/h3,6-7,13,19H,4,8-11H2,1H3,(H,23,24). The number of aryl methyl sites for hydroxylation is 1. The monoisotopic (exact) mass is 325 g/mol. The van der Waals surface area contributed by atoms with Gasteiger partial charge in [0.25, 0.3) is 5.56 Å². The fourth-order valence-electron chi connectivity index (χ4n) is 2.85. The molecular weight excluding hydrogens is 306 g/mol. The lowest BCUT2D eigenvalue weighted by Crippen LogP contribution is -2.27. The summed E-state index contributed by atoms with van der Waals surface area (Å²) < 4.78 is 1.78. The summed E-state index contributed by atoms with van der Waals surface area (Å²) in [6, 6.07) is 5.73. The molecule has 0 radical (unpaired) electrons. The van der Waals surface area contributed by atoms with Crippen LogP contribution in [0.5, 0.6) is 0 Å². The van der Waals surface area contributed by atoms with Crippen LogP contribution in [0.3, 0.4) is 0 Å². The smallest absolute Gasteiger partial charge is 0.404 e. The lowest BCUT2D eigenvalue weighted by atomic mass is 10.1.